The first kappa shape index (κ1) is 19.1. The molecule has 0 radical (unpaired) electrons. The van der Waals surface area contributed by atoms with Crippen molar-refractivity contribution in [1.82, 2.24) is 15.0 Å². The zero-order chi connectivity index (χ0) is 20.5. The van der Waals surface area contributed by atoms with Crippen molar-refractivity contribution in [3.8, 4) is 17.0 Å². The Labute approximate surface area is 168 Å². The minimum absolute atomic E-state index is 0.0264. The third kappa shape index (κ3) is 3.72. The third-order valence-corrected chi connectivity index (χ3v) is 5.09. The highest BCUT2D eigenvalue weighted by Crippen LogP contribution is 2.37. The number of rotatable bonds is 7. The molecule has 0 unspecified atom stereocenters. The average molecular weight is 393 g/mol. The number of nitrogens with one attached hydrogen (secondary N) is 1. The number of ketones is 1. The number of hydrogen-bond acceptors (Lipinski definition) is 6. The summed E-state index contributed by atoms with van der Waals surface area (Å²) in [6.07, 6.45) is 5.34. The van der Waals surface area contributed by atoms with Gasteiger partial charge in [0.2, 0.25) is 0 Å². The van der Waals surface area contributed by atoms with Crippen LogP contribution in [0, 0.1) is 12.8 Å². The highest BCUT2D eigenvalue weighted by atomic mass is 16.5. The molecule has 29 heavy (non-hydrogen) atoms. The van der Waals surface area contributed by atoms with Crippen molar-refractivity contribution in [2.24, 2.45) is 5.92 Å². The number of aromatic amines is 1. The number of fused-ring (bicyclic) bond motifs is 1. The van der Waals surface area contributed by atoms with Gasteiger partial charge < -0.3 is 14.5 Å². The summed E-state index contributed by atoms with van der Waals surface area (Å²) in [6.45, 7) is 6.11. The number of nitrogens with zero attached hydrogens (tertiary/aromatic N) is 2. The molecule has 1 aliphatic carbocycles. The first-order valence-corrected chi connectivity index (χ1v) is 9.77. The van der Waals surface area contributed by atoms with Crippen LogP contribution < -0.4 is 4.74 Å². The minimum Gasteiger partial charge on any atom is -0.493 e. The van der Waals surface area contributed by atoms with Gasteiger partial charge in [0.25, 0.3) is 0 Å². The Morgan fingerprint density at radius 1 is 1.21 bits per heavy atom. The third-order valence-electron chi connectivity index (χ3n) is 5.09. The van der Waals surface area contributed by atoms with Crippen molar-refractivity contribution in [2.45, 2.75) is 33.6 Å². The van der Waals surface area contributed by atoms with Gasteiger partial charge in [-0.25, -0.2) is 14.8 Å². The lowest BCUT2D eigenvalue weighted by atomic mass is 9.98. The number of benzene rings is 1. The highest BCUT2D eigenvalue weighted by Gasteiger charge is 2.25. The highest BCUT2D eigenvalue weighted by molar-refractivity contribution is 6.06. The number of esters is 1. The molecule has 4 rings (SSSR count). The van der Waals surface area contributed by atoms with Crippen LogP contribution in [0.25, 0.3) is 22.3 Å². The maximum atomic E-state index is 12.2. The minimum atomic E-state index is -0.443. The van der Waals surface area contributed by atoms with E-state index >= 15 is 0 Å². The molecule has 0 saturated heterocycles. The molecule has 0 amide bonds. The predicted molar refractivity (Wildman–Crippen MR) is 108 cm³/mol. The summed E-state index contributed by atoms with van der Waals surface area (Å²) < 4.78 is 11.2. The van der Waals surface area contributed by atoms with Crippen LogP contribution >= 0.6 is 0 Å². The Hall–Kier alpha value is -3.22. The molecule has 1 aliphatic rings. The number of H-pyrrole nitrogens is 1. The number of Topliss-reactive ketones (excluding diaryl/α,β-unsaturated/α-hetero) is 1. The maximum Gasteiger partial charge on any atom is 0.341 e. The Kier molecular flexibility index (Phi) is 5.05. The van der Waals surface area contributed by atoms with E-state index in [2.05, 4.69) is 15.0 Å². The number of aryl methyl sites for hydroxylation is 1. The van der Waals surface area contributed by atoms with Crippen molar-refractivity contribution in [3.63, 3.8) is 0 Å². The number of carbonyl (C=O) groups is 2. The van der Waals surface area contributed by atoms with Gasteiger partial charge in [0.05, 0.1) is 18.7 Å². The second-order valence-electron chi connectivity index (χ2n) is 7.34. The summed E-state index contributed by atoms with van der Waals surface area (Å²) in [6, 6.07) is 3.70. The van der Waals surface area contributed by atoms with Crippen LogP contribution in [0.1, 0.15) is 53.0 Å². The molecule has 1 aromatic carbocycles. The number of carbonyl (C=O) groups excluding carboxylic acids is 2. The molecule has 2 aromatic heterocycles. The topological polar surface area (TPSA) is 94.2 Å². The lowest BCUT2D eigenvalue weighted by molar-refractivity contribution is 0.0528. The van der Waals surface area contributed by atoms with E-state index in [4.69, 9.17) is 9.47 Å². The normalized spacial score (nSPS) is 13.5. The van der Waals surface area contributed by atoms with Crippen LogP contribution in [0.5, 0.6) is 5.75 Å². The van der Waals surface area contributed by atoms with Crippen LogP contribution in [-0.2, 0) is 4.74 Å². The van der Waals surface area contributed by atoms with E-state index in [9.17, 15) is 9.59 Å². The largest absolute Gasteiger partial charge is 0.493 e. The molecule has 0 spiro atoms. The SMILES string of the molecule is CCOC(=O)c1c[nH]c2c(-c3cc(C(C)=O)c(C)cc3OCC3CC3)ncnc12. The van der Waals surface area contributed by atoms with Gasteiger partial charge in [-0.3, -0.25) is 4.79 Å². The molecule has 2 heterocycles. The van der Waals surface area contributed by atoms with Gasteiger partial charge in [-0.15, -0.1) is 0 Å². The molecule has 1 N–H and O–H groups in total. The van der Waals surface area contributed by atoms with E-state index in [1.807, 2.05) is 19.1 Å². The molecule has 0 aliphatic heterocycles. The van der Waals surface area contributed by atoms with Gasteiger partial charge in [0.15, 0.2) is 5.78 Å². The van der Waals surface area contributed by atoms with Crippen molar-refractivity contribution >= 4 is 22.8 Å². The maximum absolute atomic E-state index is 12.2. The first-order valence-electron chi connectivity index (χ1n) is 9.77. The Bertz CT molecular complexity index is 1100. The van der Waals surface area contributed by atoms with Crippen LogP contribution in [0.3, 0.4) is 0 Å². The van der Waals surface area contributed by atoms with Gasteiger partial charge >= 0.3 is 5.97 Å². The van der Waals surface area contributed by atoms with E-state index in [0.29, 0.717) is 51.7 Å². The predicted octanol–water partition coefficient (Wildman–Crippen LogP) is 4.10. The molecule has 0 bridgehead atoms. The van der Waals surface area contributed by atoms with E-state index in [1.54, 1.807) is 20.0 Å². The van der Waals surface area contributed by atoms with Crippen molar-refractivity contribution in [2.75, 3.05) is 13.2 Å². The van der Waals surface area contributed by atoms with Gasteiger partial charge in [0.1, 0.15) is 28.9 Å². The lowest BCUT2D eigenvalue weighted by Gasteiger charge is -2.15. The van der Waals surface area contributed by atoms with Crippen molar-refractivity contribution < 1.29 is 19.1 Å². The van der Waals surface area contributed by atoms with Crippen molar-refractivity contribution in [1.29, 1.82) is 0 Å². The Morgan fingerprint density at radius 2 is 2.00 bits per heavy atom. The van der Waals surface area contributed by atoms with Gasteiger partial charge in [-0.05, 0) is 57.2 Å². The fourth-order valence-electron chi connectivity index (χ4n) is 3.37. The monoisotopic (exact) mass is 393 g/mol. The van der Waals surface area contributed by atoms with Crippen molar-refractivity contribution in [3.05, 3.63) is 41.3 Å². The quantitative estimate of drug-likeness (QED) is 0.480. The molecule has 1 saturated carbocycles. The summed E-state index contributed by atoms with van der Waals surface area (Å²) in [5.41, 5.74) is 4.19. The molecule has 0 atom stereocenters. The number of aromatic nitrogens is 3. The van der Waals surface area contributed by atoms with Crippen LogP contribution in [-0.4, -0.2) is 39.9 Å². The number of ether oxygens (including phenoxy) is 2. The standard InChI is InChI=1S/C22H23N3O4/c1-4-28-22(27)17-9-23-21-19(24-11-25-20(17)21)16-8-15(13(3)26)12(2)7-18(16)29-10-14-5-6-14/h7-9,11,14,23H,4-6,10H2,1-3H3. The van der Waals surface area contributed by atoms with Gasteiger partial charge in [-0.2, -0.15) is 0 Å². The second kappa shape index (κ2) is 7.66. The van der Waals surface area contributed by atoms with E-state index in [1.165, 1.54) is 19.2 Å². The summed E-state index contributed by atoms with van der Waals surface area (Å²) in [7, 11) is 0. The molecule has 1 fully saturated rings. The first-order chi connectivity index (χ1) is 14.0. The van der Waals surface area contributed by atoms with E-state index in [0.717, 1.165) is 5.56 Å². The fourth-order valence-corrected chi connectivity index (χ4v) is 3.37. The van der Waals surface area contributed by atoms with Crippen LogP contribution in [0.4, 0.5) is 0 Å². The summed E-state index contributed by atoms with van der Waals surface area (Å²) in [5.74, 6) is 0.789. The lowest BCUT2D eigenvalue weighted by Crippen LogP contribution is -2.05. The second-order valence-corrected chi connectivity index (χ2v) is 7.34. The zero-order valence-corrected chi connectivity index (χ0v) is 16.7. The smallest absolute Gasteiger partial charge is 0.341 e. The van der Waals surface area contributed by atoms with Gasteiger partial charge in [0, 0.05) is 17.3 Å². The van der Waals surface area contributed by atoms with E-state index < -0.39 is 5.97 Å². The molecular formula is C22H23N3O4. The van der Waals surface area contributed by atoms with Crippen LogP contribution in [0.15, 0.2) is 24.7 Å². The molecule has 150 valence electrons. The summed E-state index contributed by atoms with van der Waals surface area (Å²) in [5, 5.41) is 0. The van der Waals surface area contributed by atoms with E-state index in [-0.39, 0.29) is 12.4 Å². The Balaban J connectivity index is 1.86. The molecule has 3 aromatic rings. The molecule has 7 heteroatoms. The summed E-state index contributed by atoms with van der Waals surface area (Å²) in [4.78, 5) is 36.2. The fraction of sp³-hybridized carbons (Fsp3) is 0.364. The average Bonchev–Trinajstić information content (AvgIpc) is 3.42. The Morgan fingerprint density at radius 3 is 2.69 bits per heavy atom. The zero-order valence-electron chi connectivity index (χ0n) is 16.7. The van der Waals surface area contributed by atoms with Crippen LogP contribution in [0.2, 0.25) is 0 Å². The number of hydrogen-bond donors (Lipinski definition) is 1. The molecular weight excluding hydrogens is 370 g/mol. The van der Waals surface area contributed by atoms with Gasteiger partial charge in [-0.1, -0.05) is 0 Å². The molecule has 7 nitrogen and oxygen atoms in total. The summed E-state index contributed by atoms with van der Waals surface area (Å²) >= 11 is 0.